The molecule has 0 atom stereocenters. The summed E-state index contributed by atoms with van der Waals surface area (Å²) in [6, 6.07) is 15.1. The summed E-state index contributed by atoms with van der Waals surface area (Å²) in [6.07, 6.45) is 0.615. The topological polar surface area (TPSA) is 109 Å². The summed E-state index contributed by atoms with van der Waals surface area (Å²) in [5.74, 6) is -1.09. The Hall–Kier alpha value is -2.78. The van der Waals surface area contributed by atoms with Gasteiger partial charge in [-0.2, -0.15) is 0 Å². The molecule has 0 bridgehead atoms. The highest BCUT2D eigenvalue weighted by atomic mass is 79.9. The Bertz CT molecular complexity index is 1220. The molecule has 3 rings (SSSR count). The molecule has 30 heavy (non-hydrogen) atoms. The molecule has 0 spiro atoms. The minimum Gasteiger partial charge on any atom is -0.325 e. The van der Waals surface area contributed by atoms with Crippen LogP contribution in [0.25, 0.3) is 11.4 Å². The first-order chi connectivity index (χ1) is 14.2. The number of hydrogen-bond donors (Lipinski definition) is 2. The van der Waals surface area contributed by atoms with Crippen LogP contribution in [0.15, 0.2) is 63.9 Å². The molecule has 0 aliphatic heterocycles. The van der Waals surface area contributed by atoms with E-state index in [1.165, 1.54) is 6.07 Å². The molecule has 156 valence electrons. The van der Waals surface area contributed by atoms with E-state index in [2.05, 4.69) is 31.2 Å². The summed E-state index contributed by atoms with van der Waals surface area (Å²) >= 11 is 3.30. The number of nitrogens with zero attached hydrogens (tertiary/aromatic N) is 1. The maximum absolute atomic E-state index is 12.4. The van der Waals surface area contributed by atoms with Crippen molar-refractivity contribution in [1.29, 1.82) is 0 Å². The lowest BCUT2D eigenvalue weighted by molar-refractivity contribution is -0.113. The van der Waals surface area contributed by atoms with E-state index >= 15 is 0 Å². The van der Waals surface area contributed by atoms with E-state index in [-0.39, 0.29) is 11.3 Å². The summed E-state index contributed by atoms with van der Waals surface area (Å²) in [5, 5.41) is 2.60. The Morgan fingerprint density at radius 1 is 1.13 bits per heavy atom. The number of benzene rings is 2. The van der Waals surface area contributed by atoms with E-state index in [4.69, 9.17) is 0 Å². The van der Waals surface area contributed by atoms with E-state index in [0.29, 0.717) is 34.8 Å². The predicted octanol–water partition coefficient (Wildman–Crippen LogP) is 3.32. The summed E-state index contributed by atoms with van der Waals surface area (Å²) in [6.45, 7) is 1.90. The van der Waals surface area contributed by atoms with E-state index < -0.39 is 21.5 Å². The van der Waals surface area contributed by atoms with Gasteiger partial charge in [-0.15, -0.1) is 0 Å². The summed E-state index contributed by atoms with van der Waals surface area (Å²) in [5.41, 5.74) is 2.03. The molecule has 0 saturated heterocycles. The third-order valence-electron chi connectivity index (χ3n) is 4.23. The second-order valence-electron chi connectivity index (χ2n) is 6.73. The Morgan fingerprint density at radius 3 is 2.57 bits per heavy atom. The maximum Gasteiger partial charge on any atom is 0.251 e. The number of aryl methyl sites for hydroxylation is 1. The summed E-state index contributed by atoms with van der Waals surface area (Å²) < 4.78 is 25.6. The third kappa shape index (κ3) is 6.11. The maximum atomic E-state index is 12.4. The lowest BCUT2D eigenvalue weighted by Gasteiger charge is -2.09. The van der Waals surface area contributed by atoms with Gasteiger partial charge < -0.3 is 10.3 Å². The number of carbonyl (C=O) groups excluding carboxylic acids is 1. The van der Waals surface area contributed by atoms with Gasteiger partial charge in [0.2, 0.25) is 5.91 Å². The van der Waals surface area contributed by atoms with Gasteiger partial charge in [-0.25, -0.2) is 13.4 Å². The van der Waals surface area contributed by atoms with Crippen LogP contribution in [0.2, 0.25) is 0 Å². The lowest BCUT2D eigenvalue weighted by atomic mass is 10.2. The Balaban J connectivity index is 1.71. The number of aromatic amines is 1. The molecule has 0 aliphatic rings. The standard InChI is InChI=1S/C21H20BrN3O4S/c1-2-17-11-19(26)25-21(24-17)15-4-3-5-18(10-15)23-20(27)13-30(28,29)12-14-6-8-16(22)9-7-14/h3-11H,2,12-13H2,1H3,(H,23,27)(H,24,25,26). The largest absolute Gasteiger partial charge is 0.325 e. The zero-order chi connectivity index (χ0) is 21.7. The Kier molecular flexibility index (Phi) is 6.84. The lowest BCUT2D eigenvalue weighted by Crippen LogP contribution is -2.24. The molecule has 0 unspecified atom stereocenters. The van der Waals surface area contributed by atoms with Crippen molar-refractivity contribution in [3.63, 3.8) is 0 Å². The highest BCUT2D eigenvalue weighted by molar-refractivity contribution is 9.10. The molecule has 0 fully saturated rings. The minimum absolute atomic E-state index is 0.220. The zero-order valence-corrected chi connectivity index (χ0v) is 18.6. The van der Waals surface area contributed by atoms with Gasteiger partial charge in [0.1, 0.15) is 11.6 Å². The van der Waals surface area contributed by atoms with Gasteiger partial charge in [-0.1, -0.05) is 47.1 Å². The number of hydrogen-bond acceptors (Lipinski definition) is 5. The van der Waals surface area contributed by atoms with Crippen molar-refractivity contribution in [3.05, 3.63) is 80.7 Å². The number of sulfone groups is 1. The molecule has 9 heteroatoms. The summed E-state index contributed by atoms with van der Waals surface area (Å²) in [7, 11) is -3.63. The smallest absolute Gasteiger partial charge is 0.251 e. The van der Waals surface area contributed by atoms with Gasteiger partial charge >= 0.3 is 0 Å². The van der Waals surface area contributed by atoms with E-state index in [0.717, 1.165) is 4.47 Å². The molecular formula is C21H20BrN3O4S. The number of amides is 1. The van der Waals surface area contributed by atoms with Gasteiger partial charge in [0.25, 0.3) is 5.56 Å². The van der Waals surface area contributed by atoms with E-state index in [9.17, 15) is 18.0 Å². The highest BCUT2D eigenvalue weighted by Gasteiger charge is 2.18. The first-order valence-electron chi connectivity index (χ1n) is 9.19. The number of carbonyl (C=O) groups is 1. The number of rotatable bonds is 7. The van der Waals surface area contributed by atoms with Crippen molar-refractivity contribution in [2.45, 2.75) is 19.1 Å². The third-order valence-corrected chi connectivity index (χ3v) is 6.23. The number of halogens is 1. The molecule has 0 radical (unpaired) electrons. The first kappa shape index (κ1) is 21.9. The number of anilines is 1. The van der Waals surface area contributed by atoms with Crippen LogP contribution in [-0.2, 0) is 26.8 Å². The van der Waals surface area contributed by atoms with Crippen molar-refractivity contribution in [1.82, 2.24) is 9.97 Å². The van der Waals surface area contributed by atoms with Crippen molar-refractivity contribution < 1.29 is 13.2 Å². The van der Waals surface area contributed by atoms with Gasteiger partial charge in [-0.05, 0) is 36.2 Å². The van der Waals surface area contributed by atoms with Gasteiger partial charge in [-0.3, -0.25) is 9.59 Å². The normalized spacial score (nSPS) is 11.3. The second kappa shape index (κ2) is 9.36. The Morgan fingerprint density at radius 2 is 1.87 bits per heavy atom. The van der Waals surface area contributed by atoms with Crippen LogP contribution in [0.4, 0.5) is 5.69 Å². The SMILES string of the molecule is CCc1cc(=O)[nH]c(-c2cccc(NC(=O)CS(=O)(=O)Cc3ccc(Br)cc3)c2)n1. The van der Waals surface area contributed by atoms with Crippen LogP contribution >= 0.6 is 15.9 Å². The molecule has 2 N–H and O–H groups in total. The Labute approximate surface area is 182 Å². The van der Waals surface area contributed by atoms with E-state index in [1.54, 1.807) is 48.5 Å². The van der Waals surface area contributed by atoms with Crippen LogP contribution in [0, 0.1) is 0 Å². The molecule has 7 nitrogen and oxygen atoms in total. The fourth-order valence-electron chi connectivity index (χ4n) is 2.85. The predicted molar refractivity (Wildman–Crippen MR) is 120 cm³/mol. The van der Waals surface area contributed by atoms with Crippen LogP contribution in [0.1, 0.15) is 18.2 Å². The van der Waals surface area contributed by atoms with Crippen LogP contribution in [-0.4, -0.2) is 30.0 Å². The molecule has 2 aromatic carbocycles. The van der Waals surface area contributed by atoms with E-state index in [1.807, 2.05) is 6.92 Å². The van der Waals surface area contributed by atoms with Crippen LogP contribution < -0.4 is 10.9 Å². The van der Waals surface area contributed by atoms with Crippen LogP contribution in [0.5, 0.6) is 0 Å². The molecule has 3 aromatic rings. The molecule has 1 aromatic heterocycles. The van der Waals surface area contributed by atoms with Gasteiger partial charge in [0.15, 0.2) is 9.84 Å². The quantitative estimate of drug-likeness (QED) is 0.528. The van der Waals surface area contributed by atoms with Gasteiger partial charge in [0.05, 0.1) is 5.75 Å². The molecular weight excluding hydrogens is 470 g/mol. The fourth-order valence-corrected chi connectivity index (χ4v) is 4.39. The van der Waals surface area contributed by atoms with Crippen molar-refractivity contribution >= 4 is 37.4 Å². The molecule has 1 amide bonds. The average molecular weight is 490 g/mol. The molecule has 1 heterocycles. The molecule has 0 aliphatic carbocycles. The zero-order valence-electron chi connectivity index (χ0n) is 16.2. The number of H-pyrrole nitrogens is 1. The summed E-state index contributed by atoms with van der Waals surface area (Å²) in [4.78, 5) is 31.2. The second-order valence-corrected chi connectivity index (χ2v) is 9.71. The van der Waals surface area contributed by atoms with Crippen molar-refractivity contribution in [2.24, 2.45) is 0 Å². The van der Waals surface area contributed by atoms with Crippen molar-refractivity contribution in [2.75, 3.05) is 11.1 Å². The van der Waals surface area contributed by atoms with Crippen LogP contribution in [0.3, 0.4) is 0 Å². The monoisotopic (exact) mass is 489 g/mol. The molecule has 0 saturated carbocycles. The fraction of sp³-hybridized carbons (Fsp3) is 0.190. The first-order valence-corrected chi connectivity index (χ1v) is 11.8. The average Bonchev–Trinajstić information content (AvgIpc) is 2.68. The highest BCUT2D eigenvalue weighted by Crippen LogP contribution is 2.19. The number of nitrogens with one attached hydrogen (secondary N) is 2. The van der Waals surface area contributed by atoms with Gasteiger partial charge in [0, 0.05) is 27.5 Å². The number of aromatic nitrogens is 2. The minimum atomic E-state index is -3.63. The van der Waals surface area contributed by atoms with Crippen molar-refractivity contribution in [3.8, 4) is 11.4 Å².